The number of carbonyl (C=O) groups excluding carboxylic acids is 1. The van der Waals surface area contributed by atoms with Crippen LogP contribution in [-0.2, 0) is 11.2 Å². The van der Waals surface area contributed by atoms with Gasteiger partial charge in [0.15, 0.2) is 0 Å². The Morgan fingerprint density at radius 3 is 2.61 bits per heavy atom. The molecule has 0 unspecified atom stereocenters. The number of fused-ring (bicyclic) bond motifs is 1. The third-order valence-corrected chi connectivity index (χ3v) is 6.48. The summed E-state index contributed by atoms with van der Waals surface area (Å²) < 4.78 is 11.1. The molecule has 1 saturated heterocycles. The first-order valence-corrected chi connectivity index (χ1v) is 11.3. The van der Waals surface area contributed by atoms with E-state index in [2.05, 4.69) is 32.3 Å². The third kappa shape index (κ3) is 4.72. The van der Waals surface area contributed by atoms with Gasteiger partial charge in [-0.05, 0) is 76.3 Å². The summed E-state index contributed by atoms with van der Waals surface area (Å²) in [5.74, 6) is 1.37. The van der Waals surface area contributed by atoms with Gasteiger partial charge in [0.05, 0.1) is 13.2 Å². The molecule has 1 fully saturated rings. The highest BCUT2D eigenvalue weighted by atomic mass is 16.6. The average molecular weight is 450 g/mol. The van der Waals surface area contributed by atoms with Crippen molar-refractivity contribution >= 4 is 12.0 Å². The molecule has 0 radical (unpaired) electrons. The van der Waals surface area contributed by atoms with Gasteiger partial charge in [-0.2, -0.15) is 5.26 Å². The van der Waals surface area contributed by atoms with Crippen LogP contribution in [0.3, 0.4) is 0 Å². The molecule has 8 heteroatoms. The van der Waals surface area contributed by atoms with Crippen molar-refractivity contribution in [1.82, 2.24) is 15.3 Å². The molecule has 1 aromatic carbocycles. The molecule has 2 aromatic rings. The van der Waals surface area contributed by atoms with Gasteiger partial charge in [0.2, 0.25) is 5.95 Å². The van der Waals surface area contributed by atoms with Gasteiger partial charge < -0.3 is 19.7 Å². The molecule has 0 bridgehead atoms. The second-order valence-corrected chi connectivity index (χ2v) is 9.98. The van der Waals surface area contributed by atoms with E-state index in [1.54, 1.807) is 13.2 Å². The number of amides is 1. The van der Waals surface area contributed by atoms with Crippen molar-refractivity contribution in [2.75, 3.05) is 25.1 Å². The summed E-state index contributed by atoms with van der Waals surface area (Å²) in [7, 11) is 1.65. The van der Waals surface area contributed by atoms with Crippen LogP contribution in [-0.4, -0.2) is 41.9 Å². The van der Waals surface area contributed by atoms with E-state index in [0.29, 0.717) is 11.6 Å². The molecule has 1 aliphatic heterocycles. The Hall–Kier alpha value is -3.34. The molecule has 4 rings (SSSR count). The Bertz CT molecular complexity index is 1090. The normalized spacial score (nSPS) is 19.0. The maximum Gasteiger partial charge on any atom is 0.408 e. The summed E-state index contributed by atoms with van der Waals surface area (Å²) in [6.07, 6.45) is 2.16. The summed E-state index contributed by atoms with van der Waals surface area (Å²) in [5.41, 5.74) is 2.77. The number of nitrogens with one attached hydrogen (secondary N) is 1. The molecule has 1 N–H and O–H groups in total. The van der Waals surface area contributed by atoms with E-state index >= 15 is 0 Å². The number of piperidine rings is 1. The number of nitriles is 1. The van der Waals surface area contributed by atoms with Crippen LogP contribution in [0.4, 0.5) is 10.7 Å². The Morgan fingerprint density at radius 2 is 1.97 bits per heavy atom. The third-order valence-electron chi connectivity index (χ3n) is 6.48. The highest BCUT2D eigenvalue weighted by Crippen LogP contribution is 2.53. The number of aryl methyl sites for hydroxylation is 1. The smallest absolute Gasteiger partial charge is 0.408 e. The summed E-state index contributed by atoms with van der Waals surface area (Å²) in [4.78, 5) is 23.9. The van der Waals surface area contributed by atoms with Gasteiger partial charge in [0.25, 0.3) is 0 Å². The standard InChI is InChI=1S/C25H31N5O3/c1-16-12-18(15-26)28-22(27-16)30-10-8-25(9-11-30)14-17-6-7-19(32-5)13-20(17)21(25)29-23(31)33-24(2,3)4/h6-7,12-13,21H,8-11,14H2,1-5H3,(H,29,31)/t21-/m1/s1. The lowest BCUT2D eigenvalue weighted by Gasteiger charge is -2.43. The van der Waals surface area contributed by atoms with E-state index in [4.69, 9.17) is 9.47 Å². The molecule has 8 nitrogen and oxygen atoms in total. The summed E-state index contributed by atoms with van der Waals surface area (Å²) in [6.45, 7) is 8.95. The zero-order valence-electron chi connectivity index (χ0n) is 19.9. The van der Waals surface area contributed by atoms with E-state index in [1.165, 1.54) is 5.56 Å². The highest BCUT2D eigenvalue weighted by molar-refractivity contribution is 5.69. The molecule has 0 saturated carbocycles. The number of anilines is 1. The fourth-order valence-electron chi connectivity index (χ4n) is 4.97. The van der Waals surface area contributed by atoms with Crippen LogP contribution >= 0.6 is 0 Å². The lowest BCUT2D eigenvalue weighted by atomic mass is 9.73. The molecule has 174 valence electrons. The van der Waals surface area contributed by atoms with Gasteiger partial charge >= 0.3 is 6.09 Å². The molecular weight excluding hydrogens is 418 g/mol. The van der Waals surface area contributed by atoms with Gasteiger partial charge in [0, 0.05) is 24.2 Å². The molecule has 1 atom stereocenters. The quantitative estimate of drug-likeness (QED) is 0.754. The molecule has 33 heavy (non-hydrogen) atoms. The molecule has 1 amide bonds. The van der Waals surface area contributed by atoms with Gasteiger partial charge in [-0.1, -0.05) is 6.07 Å². The second kappa shape index (κ2) is 8.54. The molecule has 2 aliphatic rings. The Balaban J connectivity index is 1.60. The van der Waals surface area contributed by atoms with Crippen molar-refractivity contribution in [3.8, 4) is 11.8 Å². The zero-order chi connectivity index (χ0) is 23.8. The summed E-state index contributed by atoms with van der Waals surface area (Å²) in [5, 5.41) is 12.4. The Labute approximate surface area is 194 Å². The zero-order valence-corrected chi connectivity index (χ0v) is 19.9. The van der Waals surface area contributed by atoms with Crippen LogP contribution in [0.5, 0.6) is 5.75 Å². The van der Waals surface area contributed by atoms with Crippen LogP contribution in [0.25, 0.3) is 0 Å². The van der Waals surface area contributed by atoms with Gasteiger partial charge in [0.1, 0.15) is 23.1 Å². The Kier molecular flexibility index (Phi) is 5.91. The number of hydrogen-bond acceptors (Lipinski definition) is 7. The largest absolute Gasteiger partial charge is 0.497 e. The first-order valence-electron chi connectivity index (χ1n) is 11.3. The van der Waals surface area contributed by atoms with Crippen molar-refractivity contribution in [2.45, 2.75) is 58.6 Å². The minimum atomic E-state index is -0.572. The lowest BCUT2D eigenvalue weighted by Crippen LogP contribution is -2.48. The van der Waals surface area contributed by atoms with E-state index in [1.807, 2.05) is 39.8 Å². The SMILES string of the molecule is COc1ccc2c(c1)[C@@H](NC(=O)OC(C)(C)C)C1(CCN(c3nc(C)cc(C#N)n3)CC1)C2. The fourth-order valence-corrected chi connectivity index (χ4v) is 4.97. The topological polar surface area (TPSA) is 100 Å². The first-order chi connectivity index (χ1) is 15.6. The van der Waals surface area contributed by atoms with Crippen LogP contribution in [0.2, 0.25) is 0 Å². The lowest BCUT2D eigenvalue weighted by molar-refractivity contribution is 0.0427. The summed E-state index contributed by atoms with van der Waals surface area (Å²) >= 11 is 0. The predicted molar refractivity (Wildman–Crippen MR) is 124 cm³/mol. The number of nitrogens with zero attached hydrogens (tertiary/aromatic N) is 4. The molecule has 1 spiro atoms. The average Bonchev–Trinajstić information content (AvgIpc) is 3.04. The fraction of sp³-hybridized carbons (Fsp3) is 0.520. The first kappa shape index (κ1) is 22.8. The van der Waals surface area contributed by atoms with E-state index in [9.17, 15) is 10.1 Å². The number of hydrogen-bond donors (Lipinski definition) is 1. The number of alkyl carbamates (subject to hydrolysis) is 1. The maximum atomic E-state index is 12.8. The maximum absolute atomic E-state index is 12.8. The van der Waals surface area contributed by atoms with Crippen molar-refractivity contribution < 1.29 is 14.3 Å². The van der Waals surface area contributed by atoms with Crippen molar-refractivity contribution in [2.24, 2.45) is 5.41 Å². The van der Waals surface area contributed by atoms with Crippen molar-refractivity contribution in [3.63, 3.8) is 0 Å². The minimum absolute atomic E-state index is 0.135. The molecule has 2 heterocycles. The predicted octanol–water partition coefficient (Wildman–Crippen LogP) is 4.07. The monoisotopic (exact) mass is 449 g/mol. The number of benzene rings is 1. The van der Waals surface area contributed by atoms with E-state index in [-0.39, 0.29) is 11.5 Å². The van der Waals surface area contributed by atoms with Crippen LogP contribution in [0.1, 0.15) is 62.2 Å². The second-order valence-electron chi connectivity index (χ2n) is 9.98. The highest BCUT2D eigenvalue weighted by Gasteiger charge is 2.49. The number of carbonyl (C=O) groups is 1. The van der Waals surface area contributed by atoms with Crippen molar-refractivity contribution in [1.29, 1.82) is 5.26 Å². The van der Waals surface area contributed by atoms with Gasteiger partial charge in [-0.25, -0.2) is 14.8 Å². The van der Waals surface area contributed by atoms with Crippen LogP contribution in [0, 0.1) is 23.7 Å². The number of aromatic nitrogens is 2. The van der Waals surface area contributed by atoms with Gasteiger partial charge in [-0.15, -0.1) is 0 Å². The van der Waals surface area contributed by atoms with Gasteiger partial charge in [-0.3, -0.25) is 0 Å². The summed E-state index contributed by atoms with van der Waals surface area (Å²) in [6, 6.07) is 9.73. The molecule has 1 aromatic heterocycles. The molecule has 1 aliphatic carbocycles. The minimum Gasteiger partial charge on any atom is -0.497 e. The van der Waals surface area contributed by atoms with Crippen molar-refractivity contribution in [3.05, 3.63) is 46.8 Å². The van der Waals surface area contributed by atoms with E-state index in [0.717, 1.165) is 49.4 Å². The van der Waals surface area contributed by atoms with Crippen LogP contribution < -0.4 is 15.0 Å². The molecular formula is C25H31N5O3. The van der Waals surface area contributed by atoms with Crippen LogP contribution in [0.15, 0.2) is 24.3 Å². The Morgan fingerprint density at radius 1 is 1.24 bits per heavy atom. The van der Waals surface area contributed by atoms with E-state index < -0.39 is 11.7 Å². The number of ether oxygens (including phenoxy) is 2. The number of rotatable bonds is 3. The number of methoxy groups -OCH3 is 1.